The topological polar surface area (TPSA) is 58.1 Å². The molecule has 1 N–H and O–H groups in total. The Morgan fingerprint density at radius 2 is 2.00 bits per heavy atom. The van der Waals surface area contributed by atoms with Crippen LogP contribution in [0.15, 0.2) is 36.5 Å². The number of anilines is 2. The lowest BCUT2D eigenvalue weighted by Crippen LogP contribution is -2.31. The summed E-state index contributed by atoms with van der Waals surface area (Å²) in [5, 5.41) is 3.03. The molecule has 23 heavy (non-hydrogen) atoms. The van der Waals surface area contributed by atoms with Gasteiger partial charge >= 0.3 is 0 Å². The van der Waals surface area contributed by atoms with E-state index in [-0.39, 0.29) is 18.9 Å². The number of halogens is 2. The zero-order valence-corrected chi connectivity index (χ0v) is 12.6. The van der Waals surface area contributed by atoms with Gasteiger partial charge in [-0.2, -0.15) is 0 Å². The van der Waals surface area contributed by atoms with E-state index in [0.29, 0.717) is 11.5 Å². The van der Waals surface area contributed by atoms with Crippen LogP contribution in [0.3, 0.4) is 0 Å². The van der Waals surface area contributed by atoms with Gasteiger partial charge in [-0.05, 0) is 37.3 Å². The van der Waals surface area contributed by atoms with E-state index in [1.165, 1.54) is 4.90 Å². The Bertz CT molecular complexity index is 718. The molecule has 3 rings (SSSR count). The zero-order chi connectivity index (χ0) is 16.4. The quantitative estimate of drug-likeness (QED) is 0.945. The second-order valence-electron chi connectivity index (χ2n) is 5.56. The highest BCUT2D eigenvalue weighted by Crippen LogP contribution is 2.28. The Morgan fingerprint density at radius 1 is 1.26 bits per heavy atom. The third kappa shape index (κ3) is 3.61. The largest absolute Gasteiger partial charge is 0.332 e. The van der Waals surface area contributed by atoms with Gasteiger partial charge in [-0.25, -0.2) is 18.7 Å². The predicted octanol–water partition coefficient (Wildman–Crippen LogP) is 3.01. The first kappa shape index (κ1) is 15.3. The maximum atomic E-state index is 13.2. The van der Waals surface area contributed by atoms with Crippen LogP contribution in [0.4, 0.5) is 20.4 Å². The van der Waals surface area contributed by atoms with Gasteiger partial charge in [0.15, 0.2) is 0 Å². The maximum Gasteiger partial charge on any atom is 0.267 e. The Hall–Kier alpha value is -2.57. The van der Waals surface area contributed by atoms with Crippen LogP contribution in [0.5, 0.6) is 0 Å². The van der Waals surface area contributed by atoms with Crippen LogP contribution >= 0.6 is 0 Å². The number of hydrogen-bond acceptors (Lipinski definition) is 4. The lowest BCUT2D eigenvalue weighted by molar-refractivity contribution is 0.0120. The summed E-state index contributed by atoms with van der Waals surface area (Å²) < 4.78 is 26.4. The van der Waals surface area contributed by atoms with Crippen LogP contribution in [-0.4, -0.2) is 39.8 Å². The van der Waals surface area contributed by atoms with Crippen molar-refractivity contribution in [3.8, 4) is 0 Å². The molecule has 0 unspecified atom stereocenters. The van der Waals surface area contributed by atoms with E-state index in [2.05, 4.69) is 15.3 Å². The van der Waals surface area contributed by atoms with E-state index >= 15 is 0 Å². The molecule has 120 valence electrons. The van der Waals surface area contributed by atoms with Crippen molar-refractivity contribution >= 4 is 17.5 Å². The summed E-state index contributed by atoms with van der Waals surface area (Å²) in [6, 6.07) is 8.41. The SMILES string of the molecule is Cc1ccnc(Nc2ccc(C(=O)N3CCC(F)(F)C3)cc2)n1. The van der Waals surface area contributed by atoms with Crippen molar-refractivity contribution in [1.29, 1.82) is 0 Å². The predicted molar refractivity (Wildman–Crippen MR) is 82.0 cm³/mol. The molecule has 1 amide bonds. The maximum absolute atomic E-state index is 13.2. The molecule has 2 heterocycles. The molecule has 2 aromatic rings. The minimum atomic E-state index is -2.78. The van der Waals surface area contributed by atoms with E-state index in [0.717, 1.165) is 11.4 Å². The van der Waals surface area contributed by atoms with Crippen molar-refractivity contribution in [1.82, 2.24) is 14.9 Å². The number of aryl methyl sites for hydroxylation is 1. The fraction of sp³-hybridized carbons (Fsp3) is 0.312. The average Bonchev–Trinajstić information content (AvgIpc) is 2.87. The number of carbonyl (C=O) groups excluding carboxylic acids is 1. The van der Waals surface area contributed by atoms with Gasteiger partial charge in [0.1, 0.15) is 0 Å². The Balaban J connectivity index is 1.68. The molecule has 5 nitrogen and oxygen atoms in total. The number of alkyl halides is 2. The summed E-state index contributed by atoms with van der Waals surface area (Å²) in [5.74, 6) is -2.69. The molecule has 0 spiro atoms. The molecule has 1 aromatic heterocycles. The van der Waals surface area contributed by atoms with Gasteiger partial charge in [-0.1, -0.05) is 0 Å². The highest BCUT2D eigenvalue weighted by Gasteiger charge is 2.40. The monoisotopic (exact) mass is 318 g/mol. The number of likely N-dealkylation sites (tertiary alicyclic amines) is 1. The number of amides is 1. The Morgan fingerprint density at radius 3 is 2.61 bits per heavy atom. The minimum Gasteiger partial charge on any atom is -0.332 e. The van der Waals surface area contributed by atoms with Crippen LogP contribution in [-0.2, 0) is 0 Å². The summed E-state index contributed by atoms with van der Waals surface area (Å²) >= 11 is 0. The van der Waals surface area contributed by atoms with Crippen LogP contribution in [0, 0.1) is 6.92 Å². The van der Waals surface area contributed by atoms with Crippen LogP contribution < -0.4 is 5.32 Å². The number of nitrogens with one attached hydrogen (secondary N) is 1. The highest BCUT2D eigenvalue weighted by molar-refractivity contribution is 5.94. The zero-order valence-electron chi connectivity index (χ0n) is 12.6. The minimum absolute atomic E-state index is 0.0863. The first-order valence-electron chi connectivity index (χ1n) is 7.27. The molecule has 1 saturated heterocycles. The fourth-order valence-electron chi connectivity index (χ4n) is 2.43. The van der Waals surface area contributed by atoms with E-state index in [9.17, 15) is 13.6 Å². The molecule has 0 aliphatic carbocycles. The van der Waals surface area contributed by atoms with Crippen LogP contribution in [0.2, 0.25) is 0 Å². The standard InChI is InChI=1S/C16H16F2N4O/c1-11-6-8-19-15(20-11)21-13-4-2-12(3-5-13)14(23)22-9-7-16(17,18)10-22/h2-6,8H,7,9-10H2,1H3,(H,19,20,21). The highest BCUT2D eigenvalue weighted by atomic mass is 19.3. The van der Waals surface area contributed by atoms with E-state index in [4.69, 9.17) is 0 Å². The number of rotatable bonds is 3. The van der Waals surface area contributed by atoms with Crippen LogP contribution in [0.25, 0.3) is 0 Å². The van der Waals surface area contributed by atoms with Crippen molar-refractivity contribution in [3.63, 3.8) is 0 Å². The first-order valence-corrected chi connectivity index (χ1v) is 7.27. The van der Waals surface area contributed by atoms with Crippen molar-refractivity contribution in [2.75, 3.05) is 18.4 Å². The summed E-state index contributed by atoms with van der Waals surface area (Å²) in [6.45, 7) is 1.44. The summed E-state index contributed by atoms with van der Waals surface area (Å²) in [6.07, 6.45) is 1.37. The number of aromatic nitrogens is 2. The Kier molecular flexibility index (Phi) is 3.94. The molecule has 1 aromatic carbocycles. The first-order chi connectivity index (χ1) is 10.9. The number of nitrogens with zero attached hydrogens (tertiary/aromatic N) is 3. The second-order valence-corrected chi connectivity index (χ2v) is 5.56. The Labute approximate surface area is 132 Å². The van der Waals surface area contributed by atoms with Gasteiger partial charge in [0.05, 0.1) is 6.54 Å². The molecular formula is C16H16F2N4O. The molecular weight excluding hydrogens is 302 g/mol. The molecule has 1 fully saturated rings. The van der Waals surface area contributed by atoms with Crippen LogP contribution in [0.1, 0.15) is 22.5 Å². The lowest BCUT2D eigenvalue weighted by atomic mass is 10.2. The van der Waals surface area contributed by atoms with Gasteiger partial charge in [0.2, 0.25) is 5.95 Å². The molecule has 0 bridgehead atoms. The third-order valence-electron chi connectivity index (χ3n) is 3.64. The number of hydrogen-bond donors (Lipinski definition) is 1. The normalized spacial score (nSPS) is 16.4. The van der Waals surface area contributed by atoms with Gasteiger partial charge in [0, 0.05) is 36.1 Å². The molecule has 0 saturated carbocycles. The number of carbonyl (C=O) groups is 1. The average molecular weight is 318 g/mol. The molecule has 0 atom stereocenters. The van der Waals surface area contributed by atoms with Gasteiger partial charge in [-0.15, -0.1) is 0 Å². The molecule has 7 heteroatoms. The second kappa shape index (κ2) is 5.91. The molecule has 1 aliphatic heterocycles. The van der Waals surface area contributed by atoms with E-state index in [1.54, 1.807) is 36.5 Å². The van der Waals surface area contributed by atoms with Crippen molar-refractivity contribution in [2.24, 2.45) is 0 Å². The third-order valence-corrected chi connectivity index (χ3v) is 3.64. The van der Waals surface area contributed by atoms with Gasteiger partial charge in [-0.3, -0.25) is 4.79 Å². The summed E-state index contributed by atoms with van der Waals surface area (Å²) in [7, 11) is 0. The summed E-state index contributed by atoms with van der Waals surface area (Å²) in [4.78, 5) is 21.7. The summed E-state index contributed by atoms with van der Waals surface area (Å²) in [5.41, 5.74) is 1.95. The molecule has 0 radical (unpaired) electrons. The van der Waals surface area contributed by atoms with Crippen molar-refractivity contribution in [2.45, 2.75) is 19.3 Å². The number of benzene rings is 1. The lowest BCUT2D eigenvalue weighted by Gasteiger charge is -2.16. The van der Waals surface area contributed by atoms with E-state index in [1.807, 2.05) is 6.92 Å². The molecule has 1 aliphatic rings. The van der Waals surface area contributed by atoms with E-state index < -0.39 is 12.5 Å². The van der Waals surface area contributed by atoms with Crippen molar-refractivity contribution in [3.05, 3.63) is 47.8 Å². The van der Waals surface area contributed by atoms with Gasteiger partial charge in [0.25, 0.3) is 11.8 Å². The fourth-order valence-corrected chi connectivity index (χ4v) is 2.43. The smallest absolute Gasteiger partial charge is 0.267 e. The van der Waals surface area contributed by atoms with Gasteiger partial charge < -0.3 is 10.2 Å². The van der Waals surface area contributed by atoms with Crippen molar-refractivity contribution < 1.29 is 13.6 Å².